The maximum atomic E-state index is 11.8. The zero-order chi connectivity index (χ0) is 15.9. The fourth-order valence-electron chi connectivity index (χ4n) is 1.62. The molecule has 1 aromatic carbocycles. The predicted octanol–water partition coefficient (Wildman–Crippen LogP) is 1.69. The van der Waals surface area contributed by atoms with Gasteiger partial charge in [0.2, 0.25) is 15.9 Å². The molecule has 0 radical (unpaired) electrons. The molecule has 0 unspecified atom stereocenters. The molecule has 0 aromatic heterocycles. The molecule has 1 aromatic rings. The van der Waals surface area contributed by atoms with E-state index < -0.39 is 10.0 Å². The van der Waals surface area contributed by atoms with Crippen LogP contribution in [-0.2, 0) is 19.6 Å². The molecular weight excluding hydrogens is 360 g/mol. The molecule has 0 aliphatic rings. The number of ether oxygens (including phenoxy) is 1. The molecular formula is C13H19BrN2O4S. The Bertz CT molecular complexity index is 560. The van der Waals surface area contributed by atoms with Crippen molar-refractivity contribution in [2.45, 2.75) is 6.42 Å². The highest BCUT2D eigenvalue weighted by molar-refractivity contribution is 9.10. The molecule has 6 nitrogen and oxygen atoms in total. The van der Waals surface area contributed by atoms with Crippen molar-refractivity contribution < 1.29 is 17.9 Å². The van der Waals surface area contributed by atoms with E-state index >= 15 is 0 Å². The monoisotopic (exact) mass is 378 g/mol. The van der Waals surface area contributed by atoms with Crippen LogP contribution in [0.15, 0.2) is 28.7 Å². The van der Waals surface area contributed by atoms with Gasteiger partial charge in [0.05, 0.1) is 12.9 Å². The van der Waals surface area contributed by atoms with Crippen LogP contribution in [0.2, 0.25) is 0 Å². The van der Waals surface area contributed by atoms with Gasteiger partial charge < -0.3 is 10.1 Å². The summed E-state index contributed by atoms with van der Waals surface area (Å²) in [7, 11) is -1.84. The number of amides is 1. The summed E-state index contributed by atoms with van der Waals surface area (Å²) in [6.45, 7) is 0.660. The minimum absolute atomic E-state index is 0.0901. The Labute approximate surface area is 133 Å². The summed E-state index contributed by atoms with van der Waals surface area (Å²) in [4.78, 5) is 11.8. The predicted molar refractivity (Wildman–Crippen MR) is 85.7 cm³/mol. The summed E-state index contributed by atoms with van der Waals surface area (Å²) in [6.07, 6.45) is 1.21. The third-order valence-corrected chi connectivity index (χ3v) is 4.56. The summed E-state index contributed by atoms with van der Waals surface area (Å²) >= 11 is 3.31. The standard InChI is InChI=1S/C13H19BrN2O4S/c1-20-10-9-16(21(2,18)19)8-7-13(17)15-12-5-3-11(14)4-6-12/h3-6H,7-10H2,1-2H3,(H,15,17). The molecule has 118 valence electrons. The number of benzene rings is 1. The van der Waals surface area contributed by atoms with Gasteiger partial charge >= 0.3 is 0 Å². The van der Waals surface area contributed by atoms with E-state index in [1.807, 2.05) is 12.1 Å². The second-order valence-corrected chi connectivity index (χ2v) is 7.36. The van der Waals surface area contributed by atoms with Gasteiger partial charge in [-0.1, -0.05) is 15.9 Å². The lowest BCUT2D eigenvalue weighted by Gasteiger charge is -2.19. The van der Waals surface area contributed by atoms with E-state index in [-0.39, 0.29) is 25.4 Å². The highest BCUT2D eigenvalue weighted by Crippen LogP contribution is 2.14. The van der Waals surface area contributed by atoms with Crippen LogP contribution >= 0.6 is 15.9 Å². The van der Waals surface area contributed by atoms with E-state index in [1.54, 1.807) is 12.1 Å². The van der Waals surface area contributed by atoms with Gasteiger partial charge in [-0.2, -0.15) is 4.31 Å². The number of carbonyl (C=O) groups excluding carboxylic acids is 1. The molecule has 0 fully saturated rings. The Kier molecular flexibility index (Phi) is 7.30. The molecule has 1 rings (SSSR count). The highest BCUT2D eigenvalue weighted by atomic mass is 79.9. The molecule has 21 heavy (non-hydrogen) atoms. The average Bonchev–Trinajstić information content (AvgIpc) is 2.40. The van der Waals surface area contributed by atoms with Crippen LogP contribution in [0.3, 0.4) is 0 Å². The Morgan fingerprint density at radius 3 is 2.43 bits per heavy atom. The van der Waals surface area contributed by atoms with Crippen LogP contribution in [0.5, 0.6) is 0 Å². The first-order chi connectivity index (χ1) is 9.82. The van der Waals surface area contributed by atoms with E-state index in [4.69, 9.17) is 4.74 Å². The average molecular weight is 379 g/mol. The zero-order valence-corrected chi connectivity index (χ0v) is 14.4. The van der Waals surface area contributed by atoms with Crippen molar-refractivity contribution in [1.29, 1.82) is 0 Å². The lowest BCUT2D eigenvalue weighted by molar-refractivity contribution is -0.116. The van der Waals surface area contributed by atoms with Crippen molar-refractivity contribution >= 4 is 37.5 Å². The molecule has 8 heteroatoms. The number of sulfonamides is 1. The van der Waals surface area contributed by atoms with Gasteiger partial charge in [0.1, 0.15) is 0 Å². The van der Waals surface area contributed by atoms with Gasteiger partial charge in [0.25, 0.3) is 0 Å². The van der Waals surface area contributed by atoms with Crippen LogP contribution in [0, 0.1) is 0 Å². The summed E-state index contributed by atoms with van der Waals surface area (Å²) < 4.78 is 30.2. The lowest BCUT2D eigenvalue weighted by atomic mass is 10.3. The maximum absolute atomic E-state index is 11.8. The molecule has 0 heterocycles. The van der Waals surface area contributed by atoms with E-state index in [1.165, 1.54) is 11.4 Å². The van der Waals surface area contributed by atoms with E-state index in [0.717, 1.165) is 10.7 Å². The summed E-state index contributed by atoms with van der Waals surface area (Å²) in [5.41, 5.74) is 0.672. The fraction of sp³-hybridized carbons (Fsp3) is 0.462. The zero-order valence-electron chi connectivity index (χ0n) is 12.0. The Hall–Kier alpha value is -0.960. The number of halogens is 1. The van der Waals surface area contributed by atoms with Crippen LogP contribution in [-0.4, -0.2) is 51.7 Å². The number of hydrogen-bond donors (Lipinski definition) is 1. The molecule has 0 spiro atoms. The summed E-state index contributed by atoms with van der Waals surface area (Å²) in [5.74, 6) is -0.233. The summed E-state index contributed by atoms with van der Waals surface area (Å²) in [6, 6.07) is 7.16. The molecule has 0 aliphatic carbocycles. The third-order valence-electron chi connectivity index (χ3n) is 2.73. The van der Waals surface area contributed by atoms with Gasteiger partial charge in [0.15, 0.2) is 0 Å². The first-order valence-electron chi connectivity index (χ1n) is 6.32. The highest BCUT2D eigenvalue weighted by Gasteiger charge is 2.17. The second-order valence-electron chi connectivity index (χ2n) is 4.46. The van der Waals surface area contributed by atoms with Crippen LogP contribution in [0.1, 0.15) is 6.42 Å². The second kappa shape index (κ2) is 8.47. The summed E-state index contributed by atoms with van der Waals surface area (Å²) in [5, 5.41) is 2.72. The number of hydrogen-bond acceptors (Lipinski definition) is 4. The number of methoxy groups -OCH3 is 1. The topological polar surface area (TPSA) is 75.7 Å². The van der Waals surface area contributed by atoms with Crippen LogP contribution < -0.4 is 5.32 Å². The number of anilines is 1. The van der Waals surface area contributed by atoms with E-state index in [0.29, 0.717) is 12.3 Å². The quantitative estimate of drug-likeness (QED) is 0.746. The van der Waals surface area contributed by atoms with Gasteiger partial charge in [-0.3, -0.25) is 4.79 Å². The minimum atomic E-state index is -3.34. The molecule has 0 saturated heterocycles. The molecule has 0 aliphatic heterocycles. The van der Waals surface area contributed by atoms with Gasteiger partial charge in [-0.15, -0.1) is 0 Å². The van der Waals surface area contributed by atoms with Crippen LogP contribution in [0.25, 0.3) is 0 Å². The van der Waals surface area contributed by atoms with Crippen molar-refractivity contribution in [2.75, 3.05) is 38.4 Å². The Morgan fingerprint density at radius 1 is 1.29 bits per heavy atom. The van der Waals surface area contributed by atoms with Crippen LogP contribution in [0.4, 0.5) is 5.69 Å². The minimum Gasteiger partial charge on any atom is -0.383 e. The Balaban J connectivity index is 2.51. The number of carbonyl (C=O) groups is 1. The molecule has 0 saturated carbocycles. The van der Waals surface area contributed by atoms with Crippen molar-refractivity contribution in [3.63, 3.8) is 0 Å². The van der Waals surface area contributed by atoms with Gasteiger partial charge in [-0.25, -0.2) is 8.42 Å². The van der Waals surface area contributed by atoms with Gasteiger partial charge in [0, 0.05) is 36.8 Å². The van der Waals surface area contributed by atoms with Crippen molar-refractivity contribution in [1.82, 2.24) is 4.31 Å². The van der Waals surface area contributed by atoms with Crippen molar-refractivity contribution in [3.05, 3.63) is 28.7 Å². The lowest BCUT2D eigenvalue weighted by Crippen LogP contribution is -2.35. The number of nitrogens with one attached hydrogen (secondary N) is 1. The van der Waals surface area contributed by atoms with E-state index in [2.05, 4.69) is 21.2 Å². The SMILES string of the molecule is COCCN(CCC(=O)Nc1ccc(Br)cc1)S(C)(=O)=O. The van der Waals surface area contributed by atoms with Gasteiger partial charge in [-0.05, 0) is 24.3 Å². The molecule has 1 N–H and O–H groups in total. The molecule has 0 atom stereocenters. The molecule has 0 bridgehead atoms. The van der Waals surface area contributed by atoms with Crippen molar-refractivity contribution in [2.24, 2.45) is 0 Å². The smallest absolute Gasteiger partial charge is 0.225 e. The Morgan fingerprint density at radius 2 is 1.90 bits per heavy atom. The largest absolute Gasteiger partial charge is 0.383 e. The van der Waals surface area contributed by atoms with Crippen molar-refractivity contribution in [3.8, 4) is 0 Å². The fourth-order valence-corrected chi connectivity index (χ4v) is 2.71. The number of rotatable bonds is 8. The first kappa shape index (κ1) is 18.1. The first-order valence-corrected chi connectivity index (χ1v) is 8.96. The maximum Gasteiger partial charge on any atom is 0.225 e. The normalized spacial score (nSPS) is 11.6. The molecule has 1 amide bonds. The number of nitrogens with zero attached hydrogens (tertiary/aromatic N) is 1. The van der Waals surface area contributed by atoms with E-state index in [9.17, 15) is 13.2 Å². The third kappa shape index (κ3) is 7.03.